The number of nitrogens with one attached hydrogen (secondary N) is 1. The Morgan fingerprint density at radius 2 is 2.08 bits per heavy atom. The fourth-order valence-electron chi connectivity index (χ4n) is 2.39. The summed E-state index contributed by atoms with van der Waals surface area (Å²) in [6, 6.07) is 8.85. The molecule has 126 valence electrons. The van der Waals surface area contributed by atoms with E-state index in [1.165, 1.54) is 17.4 Å². The van der Waals surface area contributed by atoms with Gasteiger partial charge in [-0.05, 0) is 30.5 Å². The van der Waals surface area contributed by atoms with Crippen LogP contribution in [0.15, 0.2) is 44.9 Å². The van der Waals surface area contributed by atoms with Gasteiger partial charge in [0.05, 0.1) is 0 Å². The largest absolute Gasteiger partial charge is 0.439 e. The van der Waals surface area contributed by atoms with Crippen LogP contribution in [0.5, 0.6) is 0 Å². The maximum absolute atomic E-state index is 12.3. The number of nitrogens with zero attached hydrogens (tertiary/aromatic N) is 1. The first-order valence-corrected chi connectivity index (χ1v) is 8.44. The SMILES string of the molecule is CC#CC(=O)Nc1cccc(-c2csc3c(=O)cc(N(C)C)oc23)c1. The molecule has 3 rings (SSSR count). The van der Waals surface area contributed by atoms with E-state index in [9.17, 15) is 9.59 Å². The van der Waals surface area contributed by atoms with Crippen molar-refractivity contribution in [3.63, 3.8) is 0 Å². The third kappa shape index (κ3) is 3.42. The van der Waals surface area contributed by atoms with Gasteiger partial charge in [0, 0.05) is 36.8 Å². The van der Waals surface area contributed by atoms with Gasteiger partial charge in [-0.3, -0.25) is 9.59 Å². The summed E-state index contributed by atoms with van der Waals surface area (Å²) in [4.78, 5) is 25.7. The lowest BCUT2D eigenvalue weighted by Gasteiger charge is -2.10. The van der Waals surface area contributed by atoms with E-state index < -0.39 is 0 Å². The number of hydrogen-bond acceptors (Lipinski definition) is 5. The highest BCUT2D eigenvalue weighted by Crippen LogP contribution is 2.35. The van der Waals surface area contributed by atoms with Crippen LogP contribution in [0, 0.1) is 11.8 Å². The summed E-state index contributed by atoms with van der Waals surface area (Å²) >= 11 is 1.35. The number of hydrogen-bond donors (Lipinski definition) is 1. The molecule has 25 heavy (non-hydrogen) atoms. The van der Waals surface area contributed by atoms with Gasteiger partial charge in [-0.1, -0.05) is 18.1 Å². The van der Waals surface area contributed by atoms with E-state index in [1.54, 1.807) is 17.9 Å². The van der Waals surface area contributed by atoms with Crippen molar-refractivity contribution in [1.29, 1.82) is 0 Å². The van der Waals surface area contributed by atoms with Gasteiger partial charge in [0.15, 0.2) is 11.5 Å². The molecular weight excluding hydrogens is 336 g/mol. The van der Waals surface area contributed by atoms with E-state index in [0.717, 1.165) is 11.1 Å². The minimum absolute atomic E-state index is 0.0659. The number of thiophene rings is 1. The molecule has 3 aromatic rings. The highest BCUT2D eigenvalue weighted by molar-refractivity contribution is 7.17. The van der Waals surface area contributed by atoms with E-state index in [4.69, 9.17) is 4.42 Å². The molecule has 1 N–H and O–H groups in total. The monoisotopic (exact) mass is 352 g/mol. The smallest absolute Gasteiger partial charge is 0.300 e. The van der Waals surface area contributed by atoms with E-state index in [2.05, 4.69) is 17.2 Å². The van der Waals surface area contributed by atoms with E-state index in [0.29, 0.717) is 21.9 Å². The number of anilines is 2. The maximum atomic E-state index is 12.3. The maximum Gasteiger partial charge on any atom is 0.300 e. The lowest BCUT2D eigenvalue weighted by Crippen LogP contribution is -2.11. The van der Waals surface area contributed by atoms with Crippen molar-refractivity contribution >= 4 is 39.1 Å². The first kappa shape index (κ1) is 16.8. The van der Waals surface area contributed by atoms with Crippen molar-refractivity contribution < 1.29 is 9.21 Å². The zero-order chi connectivity index (χ0) is 18.0. The lowest BCUT2D eigenvalue weighted by atomic mass is 10.1. The Kier molecular flexibility index (Phi) is 4.59. The summed E-state index contributed by atoms with van der Waals surface area (Å²) in [6.45, 7) is 1.61. The Labute approximate surface area is 148 Å². The third-order valence-corrected chi connectivity index (χ3v) is 4.52. The molecule has 0 aliphatic rings. The standard InChI is InChI=1S/C19H16N2O3S/c1-4-6-16(23)20-13-8-5-7-12(9-13)14-11-25-19-15(22)10-17(21(2)3)24-18(14)19/h5,7-11H,1-3H3,(H,20,23). The van der Waals surface area contributed by atoms with Crippen molar-refractivity contribution in [2.24, 2.45) is 0 Å². The zero-order valence-electron chi connectivity index (χ0n) is 14.0. The summed E-state index contributed by atoms with van der Waals surface area (Å²) in [6.07, 6.45) is 0. The van der Waals surface area contributed by atoms with Crippen molar-refractivity contribution in [2.75, 3.05) is 24.3 Å². The molecule has 2 heterocycles. The third-order valence-electron chi connectivity index (χ3n) is 3.54. The van der Waals surface area contributed by atoms with Crippen LogP contribution < -0.4 is 15.6 Å². The Balaban J connectivity index is 2.09. The van der Waals surface area contributed by atoms with Crippen LogP contribution in [0.1, 0.15) is 6.92 Å². The van der Waals surface area contributed by atoms with Crippen LogP contribution in [-0.2, 0) is 4.79 Å². The van der Waals surface area contributed by atoms with Gasteiger partial charge in [0.2, 0.25) is 5.43 Å². The molecule has 0 unspecified atom stereocenters. The molecule has 0 spiro atoms. The molecule has 0 aliphatic heterocycles. The molecular formula is C19H16N2O3S. The lowest BCUT2D eigenvalue weighted by molar-refractivity contribution is -0.111. The van der Waals surface area contributed by atoms with Crippen molar-refractivity contribution in [3.05, 3.63) is 45.9 Å². The summed E-state index contributed by atoms with van der Waals surface area (Å²) in [5.74, 6) is 5.14. The van der Waals surface area contributed by atoms with Gasteiger partial charge in [-0.25, -0.2) is 0 Å². The number of amides is 1. The molecule has 6 heteroatoms. The minimum Gasteiger partial charge on any atom is -0.439 e. The summed E-state index contributed by atoms with van der Waals surface area (Å²) in [5.41, 5.74) is 2.80. The number of fused-ring (bicyclic) bond motifs is 1. The summed E-state index contributed by atoms with van der Waals surface area (Å²) in [7, 11) is 3.64. The second kappa shape index (κ2) is 6.83. The topological polar surface area (TPSA) is 62.6 Å². The average molecular weight is 352 g/mol. The van der Waals surface area contributed by atoms with Crippen LogP contribution >= 0.6 is 11.3 Å². The number of benzene rings is 1. The van der Waals surface area contributed by atoms with Crippen molar-refractivity contribution in [3.8, 4) is 23.0 Å². The molecule has 1 aromatic carbocycles. The van der Waals surface area contributed by atoms with Crippen LogP contribution in [0.4, 0.5) is 11.6 Å². The van der Waals surface area contributed by atoms with Gasteiger partial charge in [-0.2, -0.15) is 0 Å². The molecule has 0 atom stereocenters. The minimum atomic E-state index is -0.365. The first-order chi connectivity index (χ1) is 12.0. The van der Waals surface area contributed by atoms with Gasteiger partial charge in [0.25, 0.3) is 5.91 Å². The van der Waals surface area contributed by atoms with E-state index in [1.807, 2.05) is 37.7 Å². The second-order valence-corrected chi connectivity index (χ2v) is 6.44. The normalized spacial score (nSPS) is 10.2. The molecule has 0 radical (unpaired) electrons. The summed E-state index contributed by atoms with van der Waals surface area (Å²) in [5, 5.41) is 4.62. The van der Waals surface area contributed by atoms with Crippen molar-refractivity contribution in [1.82, 2.24) is 0 Å². The predicted octanol–water partition coefficient (Wildman–Crippen LogP) is 3.55. The molecule has 5 nitrogen and oxygen atoms in total. The van der Waals surface area contributed by atoms with Crippen molar-refractivity contribution in [2.45, 2.75) is 6.92 Å². The molecule has 2 aromatic heterocycles. The van der Waals surface area contributed by atoms with Gasteiger partial charge in [-0.15, -0.1) is 11.3 Å². The Morgan fingerprint density at radius 1 is 1.28 bits per heavy atom. The fraction of sp³-hybridized carbons (Fsp3) is 0.158. The summed E-state index contributed by atoms with van der Waals surface area (Å²) < 4.78 is 6.49. The molecule has 0 saturated carbocycles. The van der Waals surface area contributed by atoms with Crippen LogP contribution in [0.25, 0.3) is 21.4 Å². The quantitative estimate of drug-likeness (QED) is 0.732. The fourth-order valence-corrected chi connectivity index (χ4v) is 3.30. The molecule has 1 amide bonds. The van der Waals surface area contributed by atoms with Gasteiger partial charge < -0.3 is 14.6 Å². The van der Waals surface area contributed by atoms with E-state index in [-0.39, 0.29) is 11.3 Å². The number of rotatable bonds is 3. The average Bonchev–Trinajstić information content (AvgIpc) is 2.99. The van der Waals surface area contributed by atoms with Crippen LogP contribution in [0.3, 0.4) is 0 Å². The van der Waals surface area contributed by atoms with Gasteiger partial charge in [0.1, 0.15) is 4.70 Å². The van der Waals surface area contributed by atoms with Crippen LogP contribution in [-0.4, -0.2) is 20.0 Å². The number of carbonyl (C=O) groups excluding carboxylic acids is 1. The van der Waals surface area contributed by atoms with E-state index >= 15 is 0 Å². The Hall–Kier alpha value is -3.04. The van der Waals surface area contributed by atoms with Gasteiger partial charge >= 0.3 is 0 Å². The Morgan fingerprint density at radius 3 is 2.80 bits per heavy atom. The molecule has 0 saturated heterocycles. The molecule has 0 fully saturated rings. The first-order valence-electron chi connectivity index (χ1n) is 7.56. The predicted molar refractivity (Wildman–Crippen MR) is 102 cm³/mol. The highest BCUT2D eigenvalue weighted by Gasteiger charge is 2.14. The second-order valence-electron chi connectivity index (χ2n) is 5.56. The Bertz CT molecular complexity index is 1070. The highest BCUT2D eigenvalue weighted by atomic mass is 32.1. The molecule has 0 bridgehead atoms. The van der Waals surface area contributed by atoms with Crippen LogP contribution in [0.2, 0.25) is 0 Å². The zero-order valence-corrected chi connectivity index (χ0v) is 14.9. The molecule has 0 aliphatic carbocycles. The number of carbonyl (C=O) groups is 1.